The summed E-state index contributed by atoms with van der Waals surface area (Å²) in [6.07, 6.45) is 1.87. The van der Waals surface area contributed by atoms with Gasteiger partial charge in [0.25, 0.3) is 0 Å². The first-order valence-electron chi connectivity index (χ1n) is 18.9. The third-order valence-electron chi connectivity index (χ3n) is 10.7. The number of phenols is 1. The minimum Gasteiger partial charge on any atom is -0.507 e. The lowest BCUT2D eigenvalue weighted by Crippen LogP contribution is -2.17. The van der Waals surface area contributed by atoms with Crippen LogP contribution in [0.25, 0.3) is 81.8 Å². The van der Waals surface area contributed by atoms with Crippen molar-refractivity contribution in [3.63, 3.8) is 0 Å². The van der Waals surface area contributed by atoms with Crippen LogP contribution in [-0.4, -0.2) is 19.6 Å². The number of pyridine rings is 1. The Bertz CT molecular complexity index is 2890. The normalized spacial score (nSPS) is 12.3. The largest absolute Gasteiger partial charge is 0.507 e. The van der Waals surface area contributed by atoms with Gasteiger partial charge in [0.05, 0.1) is 28.0 Å². The standard InChI is InChI=1S/C50H43N3OS/c1-49(2,3)33-29-38(47(54)39(30-33)50(4,5)6)48-52-46-35(21-16-24-42(46)53(48)41-23-12-10-19-34(41)31-17-8-7-9-18-31)32-27-37(40-22-14-15-26-51-40)45-36-20-11-13-25-43(36)55-44(45)28-32/h7-30,54H,1-6H3. The van der Waals surface area contributed by atoms with E-state index in [4.69, 9.17) is 9.97 Å². The molecule has 0 saturated heterocycles. The van der Waals surface area contributed by atoms with Crippen LogP contribution >= 0.6 is 11.3 Å². The summed E-state index contributed by atoms with van der Waals surface area (Å²) < 4.78 is 4.71. The van der Waals surface area contributed by atoms with E-state index in [1.807, 2.05) is 29.7 Å². The predicted molar refractivity (Wildman–Crippen MR) is 233 cm³/mol. The molecule has 0 fully saturated rings. The Morgan fingerprint density at radius 2 is 1.31 bits per heavy atom. The molecule has 0 saturated carbocycles. The maximum Gasteiger partial charge on any atom is 0.149 e. The zero-order valence-corrected chi connectivity index (χ0v) is 32.9. The van der Waals surface area contributed by atoms with Crippen molar-refractivity contribution in [3.8, 4) is 56.3 Å². The lowest BCUT2D eigenvalue weighted by molar-refractivity contribution is 0.446. The SMILES string of the molecule is CC(C)(C)c1cc(-c2nc3c(-c4cc(-c5ccccn5)c5c(c4)sc4ccccc45)cccc3n2-c2ccccc2-c2ccccc2)c(O)c(C(C)(C)C)c1. The van der Waals surface area contributed by atoms with Crippen molar-refractivity contribution in [2.45, 2.75) is 52.4 Å². The monoisotopic (exact) mass is 733 g/mol. The van der Waals surface area contributed by atoms with Crippen LogP contribution in [0.1, 0.15) is 52.7 Å². The van der Waals surface area contributed by atoms with Crippen molar-refractivity contribution in [1.29, 1.82) is 0 Å². The highest BCUT2D eigenvalue weighted by Crippen LogP contribution is 2.47. The molecule has 1 N–H and O–H groups in total. The number of fused-ring (bicyclic) bond motifs is 4. The number of nitrogens with zero attached hydrogens (tertiary/aromatic N) is 3. The quantitative estimate of drug-likeness (QED) is 0.192. The number of benzene rings is 6. The van der Waals surface area contributed by atoms with Gasteiger partial charge in [-0.15, -0.1) is 11.3 Å². The maximum absolute atomic E-state index is 12.3. The van der Waals surface area contributed by atoms with Crippen LogP contribution in [0, 0.1) is 0 Å². The minimum atomic E-state index is -0.300. The van der Waals surface area contributed by atoms with E-state index in [1.54, 1.807) is 0 Å². The average Bonchev–Trinajstić information content (AvgIpc) is 3.76. The van der Waals surface area contributed by atoms with Crippen LogP contribution in [0.3, 0.4) is 0 Å². The second-order valence-corrected chi connectivity index (χ2v) is 17.5. The molecule has 0 atom stereocenters. The average molecular weight is 734 g/mol. The van der Waals surface area contributed by atoms with E-state index in [9.17, 15) is 5.11 Å². The number of phenolic OH excluding ortho intramolecular Hbond substituents is 1. The van der Waals surface area contributed by atoms with Gasteiger partial charge in [-0.3, -0.25) is 9.55 Å². The first-order chi connectivity index (χ1) is 26.5. The van der Waals surface area contributed by atoms with Crippen LogP contribution in [0.2, 0.25) is 0 Å². The third-order valence-corrected chi connectivity index (χ3v) is 11.8. The van der Waals surface area contributed by atoms with Crippen LogP contribution in [0.15, 0.2) is 146 Å². The maximum atomic E-state index is 12.3. The second kappa shape index (κ2) is 13.1. The molecule has 0 aliphatic heterocycles. The number of aromatic hydroxyl groups is 1. The van der Waals surface area contributed by atoms with Crippen molar-refractivity contribution >= 4 is 42.5 Å². The van der Waals surface area contributed by atoms with Gasteiger partial charge in [0.2, 0.25) is 0 Å². The van der Waals surface area contributed by atoms with Gasteiger partial charge in [-0.25, -0.2) is 4.98 Å². The Hall–Kier alpha value is -6.04. The van der Waals surface area contributed by atoms with Gasteiger partial charge in [-0.1, -0.05) is 133 Å². The Morgan fingerprint density at radius 3 is 2.07 bits per heavy atom. The molecule has 55 heavy (non-hydrogen) atoms. The van der Waals surface area contributed by atoms with Gasteiger partial charge >= 0.3 is 0 Å². The molecule has 3 aromatic heterocycles. The molecule has 0 spiro atoms. The topological polar surface area (TPSA) is 50.9 Å². The fourth-order valence-corrected chi connectivity index (χ4v) is 9.00. The Labute approximate surface area is 326 Å². The summed E-state index contributed by atoms with van der Waals surface area (Å²) in [5.74, 6) is 0.966. The second-order valence-electron chi connectivity index (χ2n) is 16.5. The highest BCUT2D eigenvalue weighted by atomic mass is 32.1. The van der Waals surface area contributed by atoms with Gasteiger partial charge in [0, 0.05) is 48.6 Å². The number of rotatable bonds is 5. The van der Waals surface area contributed by atoms with Crippen molar-refractivity contribution in [2.75, 3.05) is 0 Å². The molecule has 270 valence electrons. The number of para-hydroxylation sites is 2. The highest BCUT2D eigenvalue weighted by Gasteiger charge is 2.29. The molecule has 4 nitrogen and oxygen atoms in total. The molecule has 0 unspecified atom stereocenters. The summed E-state index contributed by atoms with van der Waals surface area (Å²) in [5, 5.41) is 14.8. The molecule has 5 heteroatoms. The van der Waals surface area contributed by atoms with E-state index in [2.05, 4.69) is 174 Å². The first kappa shape index (κ1) is 34.7. The summed E-state index contributed by atoms with van der Waals surface area (Å²) >= 11 is 1.81. The van der Waals surface area contributed by atoms with Crippen molar-refractivity contribution < 1.29 is 5.11 Å². The zero-order valence-electron chi connectivity index (χ0n) is 32.1. The molecule has 0 amide bonds. The van der Waals surface area contributed by atoms with Gasteiger partial charge in [0.15, 0.2) is 0 Å². The number of imidazole rings is 1. The van der Waals surface area contributed by atoms with Crippen molar-refractivity contribution in [1.82, 2.24) is 14.5 Å². The molecule has 0 radical (unpaired) electrons. The summed E-state index contributed by atoms with van der Waals surface area (Å²) in [6.45, 7) is 13.2. The smallest absolute Gasteiger partial charge is 0.149 e. The third kappa shape index (κ3) is 6.00. The summed E-state index contributed by atoms with van der Waals surface area (Å²) in [5.41, 5.74) is 11.5. The van der Waals surface area contributed by atoms with Crippen LogP contribution in [0.4, 0.5) is 0 Å². The zero-order chi connectivity index (χ0) is 38.1. The van der Waals surface area contributed by atoms with Crippen LogP contribution < -0.4 is 0 Å². The van der Waals surface area contributed by atoms with E-state index in [-0.39, 0.29) is 16.6 Å². The Balaban J connectivity index is 1.39. The fourth-order valence-electron chi connectivity index (χ4n) is 7.83. The summed E-state index contributed by atoms with van der Waals surface area (Å²) in [6, 6.07) is 49.1. The van der Waals surface area contributed by atoms with Gasteiger partial charge in [-0.2, -0.15) is 0 Å². The molecule has 6 aromatic carbocycles. The lowest BCUT2D eigenvalue weighted by Gasteiger charge is -2.27. The molecule has 0 aliphatic carbocycles. The molecule has 9 aromatic rings. The molecular weight excluding hydrogens is 691 g/mol. The Morgan fingerprint density at radius 1 is 0.582 bits per heavy atom. The number of aromatic nitrogens is 3. The fraction of sp³-hybridized carbons (Fsp3) is 0.160. The Kier molecular flexibility index (Phi) is 8.25. The minimum absolute atomic E-state index is 0.159. The van der Waals surface area contributed by atoms with E-state index < -0.39 is 0 Å². The number of thiophene rings is 1. The van der Waals surface area contributed by atoms with E-state index in [0.29, 0.717) is 5.82 Å². The number of hydrogen-bond donors (Lipinski definition) is 1. The van der Waals surface area contributed by atoms with E-state index >= 15 is 0 Å². The predicted octanol–water partition coefficient (Wildman–Crippen LogP) is 13.8. The van der Waals surface area contributed by atoms with Crippen molar-refractivity contribution in [2.24, 2.45) is 0 Å². The van der Waals surface area contributed by atoms with Gasteiger partial charge in [-0.05, 0) is 76.1 Å². The molecule has 9 rings (SSSR count). The molecular formula is C50H43N3OS. The van der Waals surface area contributed by atoms with Gasteiger partial charge in [0.1, 0.15) is 11.6 Å². The lowest BCUT2D eigenvalue weighted by atomic mass is 9.79. The van der Waals surface area contributed by atoms with Crippen molar-refractivity contribution in [3.05, 3.63) is 157 Å². The molecule has 0 aliphatic rings. The van der Waals surface area contributed by atoms with Gasteiger partial charge < -0.3 is 5.11 Å². The molecule has 3 heterocycles. The first-order valence-corrected chi connectivity index (χ1v) is 19.7. The van der Waals surface area contributed by atoms with Crippen LogP contribution in [0.5, 0.6) is 5.75 Å². The highest BCUT2D eigenvalue weighted by molar-refractivity contribution is 7.26. The van der Waals surface area contributed by atoms with E-state index in [1.165, 1.54) is 20.2 Å². The van der Waals surface area contributed by atoms with E-state index in [0.717, 1.165) is 66.9 Å². The molecule has 0 bridgehead atoms. The number of hydrogen-bond acceptors (Lipinski definition) is 4. The summed E-state index contributed by atoms with van der Waals surface area (Å²) in [7, 11) is 0. The van der Waals surface area contributed by atoms with Crippen LogP contribution in [-0.2, 0) is 10.8 Å². The summed E-state index contributed by atoms with van der Waals surface area (Å²) in [4.78, 5) is 10.4.